The van der Waals surface area contributed by atoms with Crippen molar-refractivity contribution in [2.45, 2.75) is 19.8 Å². The number of amides is 2. The summed E-state index contributed by atoms with van der Waals surface area (Å²) in [7, 11) is 4.37. The highest BCUT2D eigenvalue weighted by molar-refractivity contribution is 7.80. The Labute approximate surface area is 192 Å². The lowest BCUT2D eigenvalue weighted by Crippen LogP contribution is -2.48. The molecular formula is C22H27N3O6S. The first-order valence-electron chi connectivity index (χ1n) is 9.88. The Morgan fingerprint density at radius 3 is 2.03 bits per heavy atom. The predicted molar refractivity (Wildman–Crippen MR) is 124 cm³/mol. The molecule has 0 bridgehead atoms. The van der Waals surface area contributed by atoms with Crippen LogP contribution in [0, 0.1) is 0 Å². The Hall–Kier alpha value is -3.53. The third-order valence-electron chi connectivity index (χ3n) is 4.33. The van der Waals surface area contributed by atoms with Gasteiger partial charge in [0, 0.05) is 11.1 Å². The van der Waals surface area contributed by atoms with Gasteiger partial charge in [0.15, 0.2) is 16.6 Å². The average molecular weight is 462 g/mol. The molecule has 0 heterocycles. The molecule has 10 heteroatoms. The summed E-state index contributed by atoms with van der Waals surface area (Å²) in [4.78, 5) is 24.8. The summed E-state index contributed by atoms with van der Waals surface area (Å²) in [5, 5.41) is 2.42. The number of carbonyl (C=O) groups excluding carboxylic acids is 2. The van der Waals surface area contributed by atoms with E-state index in [9.17, 15) is 9.59 Å². The zero-order valence-electron chi connectivity index (χ0n) is 18.4. The van der Waals surface area contributed by atoms with E-state index in [4.69, 9.17) is 31.2 Å². The number of hydrazine groups is 1. The number of nitrogens with one attached hydrogen (secondary N) is 3. The van der Waals surface area contributed by atoms with Crippen LogP contribution in [-0.4, -0.2) is 44.9 Å². The molecule has 0 aliphatic heterocycles. The SMILES string of the molecule is CCCCOc1ccc(C(=O)NC(=S)NNC(=O)c2cc(OC)c(OC)c(OC)c2)cc1. The summed E-state index contributed by atoms with van der Waals surface area (Å²) in [5.41, 5.74) is 5.54. The van der Waals surface area contributed by atoms with Crippen LogP contribution in [0.2, 0.25) is 0 Å². The quantitative estimate of drug-likeness (QED) is 0.297. The van der Waals surface area contributed by atoms with Gasteiger partial charge in [0.25, 0.3) is 11.8 Å². The maximum atomic E-state index is 12.5. The molecule has 0 fully saturated rings. The normalized spacial score (nSPS) is 10.0. The minimum absolute atomic E-state index is 0.0703. The smallest absolute Gasteiger partial charge is 0.269 e. The van der Waals surface area contributed by atoms with E-state index in [1.807, 2.05) is 0 Å². The lowest BCUT2D eigenvalue weighted by atomic mass is 10.1. The lowest BCUT2D eigenvalue weighted by Gasteiger charge is -2.15. The molecule has 0 saturated heterocycles. The highest BCUT2D eigenvalue weighted by Crippen LogP contribution is 2.38. The largest absolute Gasteiger partial charge is 0.494 e. The number of benzene rings is 2. The highest BCUT2D eigenvalue weighted by Gasteiger charge is 2.17. The maximum absolute atomic E-state index is 12.5. The Morgan fingerprint density at radius 2 is 1.50 bits per heavy atom. The van der Waals surface area contributed by atoms with Crippen molar-refractivity contribution in [1.29, 1.82) is 0 Å². The number of ether oxygens (including phenoxy) is 4. The molecule has 32 heavy (non-hydrogen) atoms. The van der Waals surface area contributed by atoms with Crippen LogP contribution in [0.4, 0.5) is 0 Å². The fourth-order valence-electron chi connectivity index (χ4n) is 2.64. The van der Waals surface area contributed by atoms with Crippen LogP contribution in [-0.2, 0) is 0 Å². The molecule has 2 aromatic rings. The predicted octanol–water partition coefficient (Wildman–Crippen LogP) is 2.84. The molecule has 0 atom stereocenters. The second-order valence-electron chi connectivity index (χ2n) is 6.50. The zero-order chi connectivity index (χ0) is 23.5. The van der Waals surface area contributed by atoms with Crippen molar-refractivity contribution >= 4 is 29.1 Å². The molecule has 9 nitrogen and oxygen atoms in total. The van der Waals surface area contributed by atoms with Crippen molar-refractivity contribution in [2.75, 3.05) is 27.9 Å². The monoisotopic (exact) mass is 461 g/mol. The first kappa shape index (κ1) is 24.7. The van der Waals surface area contributed by atoms with E-state index < -0.39 is 11.8 Å². The molecule has 3 N–H and O–H groups in total. The van der Waals surface area contributed by atoms with Gasteiger partial charge in [-0.2, -0.15) is 0 Å². The molecule has 0 aliphatic rings. The number of thiocarbonyl (C=S) groups is 1. The molecule has 2 rings (SSSR count). The number of unbranched alkanes of at least 4 members (excludes halogenated alkanes) is 1. The molecule has 0 saturated carbocycles. The van der Waals surface area contributed by atoms with Gasteiger partial charge in [-0.05, 0) is 55.0 Å². The molecule has 2 aromatic carbocycles. The fraction of sp³-hybridized carbons (Fsp3) is 0.318. The molecule has 0 spiro atoms. The second-order valence-corrected chi connectivity index (χ2v) is 6.91. The van der Waals surface area contributed by atoms with Crippen molar-refractivity contribution in [1.82, 2.24) is 16.2 Å². The standard InChI is InChI=1S/C22H27N3O6S/c1-5-6-11-31-16-9-7-14(8-10-16)20(26)23-22(32)25-24-21(27)15-12-17(28-2)19(30-4)18(13-15)29-3/h7-10,12-13H,5-6,11H2,1-4H3,(H,24,27)(H2,23,25,26,32). The van der Waals surface area contributed by atoms with Crippen LogP contribution in [0.25, 0.3) is 0 Å². The van der Waals surface area contributed by atoms with Crippen molar-refractivity contribution < 1.29 is 28.5 Å². The zero-order valence-corrected chi connectivity index (χ0v) is 19.3. The van der Waals surface area contributed by atoms with E-state index in [1.165, 1.54) is 33.5 Å². The third kappa shape index (κ3) is 6.74. The maximum Gasteiger partial charge on any atom is 0.269 e. The van der Waals surface area contributed by atoms with Gasteiger partial charge in [-0.3, -0.25) is 25.8 Å². The molecule has 2 amide bonds. The Kier molecular flexibility index (Phi) is 9.55. The molecular weight excluding hydrogens is 434 g/mol. The van der Waals surface area contributed by atoms with Gasteiger partial charge < -0.3 is 18.9 Å². The van der Waals surface area contributed by atoms with Crippen LogP contribution in [0.15, 0.2) is 36.4 Å². The van der Waals surface area contributed by atoms with Gasteiger partial charge in [0.05, 0.1) is 27.9 Å². The Bertz CT molecular complexity index is 924. The van der Waals surface area contributed by atoms with Crippen LogP contribution in [0.3, 0.4) is 0 Å². The van der Waals surface area contributed by atoms with E-state index >= 15 is 0 Å². The van der Waals surface area contributed by atoms with Gasteiger partial charge in [-0.1, -0.05) is 13.3 Å². The lowest BCUT2D eigenvalue weighted by molar-refractivity contribution is 0.0934. The topological polar surface area (TPSA) is 107 Å². The molecule has 0 aliphatic carbocycles. The summed E-state index contributed by atoms with van der Waals surface area (Å²) >= 11 is 5.08. The minimum Gasteiger partial charge on any atom is -0.494 e. The van der Waals surface area contributed by atoms with Gasteiger partial charge in [0.1, 0.15) is 5.75 Å². The summed E-state index contributed by atoms with van der Waals surface area (Å²) < 4.78 is 21.3. The van der Waals surface area contributed by atoms with Crippen molar-refractivity contribution in [3.05, 3.63) is 47.5 Å². The van der Waals surface area contributed by atoms with Gasteiger partial charge >= 0.3 is 0 Å². The summed E-state index contributed by atoms with van der Waals surface area (Å²) in [6, 6.07) is 9.68. The highest BCUT2D eigenvalue weighted by atomic mass is 32.1. The third-order valence-corrected chi connectivity index (χ3v) is 4.53. The van der Waals surface area contributed by atoms with E-state index in [2.05, 4.69) is 23.1 Å². The number of hydrogen-bond acceptors (Lipinski definition) is 7. The van der Waals surface area contributed by atoms with Crippen molar-refractivity contribution in [2.24, 2.45) is 0 Å². The van der Waals surface area contributed by atoms with E-state index in [1.54, 1.807) is 24.3 Å². The van der Waals surface area contributed by atoms with Gasteiger partial charge in [-0.15, -0.1) is 0 Å². The van der Waals surface area contributed by atoms with E-state index in [0.717, 1.165) is 12.8 Å². The van der Waals surface area contributed by atoms with Gasteiger partial charge in [0.2, 0.25) is 5.75 Å². The van der Waals surface area contributed by atoms with Crippen LogP contribution in [0.1, 0.15) is 40.5 Å². The first-order valence-corrected chi connectivity index (χ1v) is 10.3. The minimum atomic E-state index is -0.519. The summed E-state index contributed by atoms with van der Waals surface area (Å²) in [6.07, 6.45) is 2.00. The molecule has 172 valence electrons. The average Bonchev–Trinajstić information content (AvgIpc) is 2.81. The Balaban J connectivity index is 1.92. The fourth-order valence-corrected chi connectivity index (χ4v) is 2.79. The van der Waals surface area contributed by atoms with Crippen LogP contribution in [0.5, 0.6) is 23.0 Å². The van der Waals surface area contributed by atoms with E-state index in [0.29, 0.717) is 35.2 Å². The van der Waals surface area contributed by atoms with Crippen molar-refractivity contribution in [3.63, 3.8) is 0 Å². The van der Waals surface area contributed by atoms with Crippen LogP contribution < -0.4 is 35.1 Å². The van der Waals surface area contributed by atoms with E-state index in [-0.39, 0.29) is 10.7 Å². The first-order chi connectivity index (χ1) is 15.4. The number of methoxy groups -OCH3 is 3. The molecule has 0 unspecified atom stereocenters. The Morgan fingerprint density at radius 1 is 0.875 bits per heavy atom. The number of hydrogen-bond donors (Lipinski definition) is 3. The summed E-state index contributed by atoms with van der Waals surface area (Å²) in [6.45, 7) is 2.71. The summed E-state index contributed by atoms with van der Waals surface area (Å²) in [5.74, 6) is 0.765. The number of rotatable bonds is 9. The number of carbonyl (C=O) groups is 2. The van der Waals surface area contributed by atoms with Crippen molar-refractivity contribution in [3.8, 4) is 23.0 Å². The molecule has 0 radical (unpaired) electrons. The van der Waals surface area contributed by atoms with Crippen LogP contribution >= 0.6 is 12.2 Å². The van der Waals surface area contributed by atoms with Gasteiger partial charge in [-0.25, -0.2) is 0 Å². The second kappa shape index (κ2) is 12.4. The molecule has 0 aromatic heterocycles.